The Labute approximate surface area is 249 Å². The first kappa shape index (κ1) is 32.1. The maximum absolute atomic E-state index is 14.8. The number of hydrogen-bond acceptors (Lipinski definition) is 6. The highest BCUT2D eigenvalue weighted by Gasteiger charge is 2.29. The molecule has 3 aromatic rings. The van der Waals surface area contributed by atoms with E-state index in [9.17, 15) is 21.6 Å². The second kappa shape index (κ2) is 12.5. The molecule has 16 heteroatoms. The Bertz CT molecular complexity index is 1620. The molecule has 1 fully saturated rings. The van der Waals surface area contributed by atoms with Crippen LogP contribution in [0.3, 0.4) is 0 Å². The number of rotatable bonds is 9. The normalized spacial score (nSPS) is 18.3. The number of fused-ring (bicyclic) bond motifs is 1. The molecule has 0 spiro atoms. The molecule has 222 valence electrons. The Morgan fingerprint density at radius 1 is 1.19 bits per heavy atom. The number of primary sulfonamides is 1. The van der Waals surface area contributed by atoms with Gasteiger partial charge in [0.05, 0.1) is 40.9 Å². The third-order valence-electron chi connectivity index (χ3n) is 6.68. The van der Waals surface area contributed by atoms with Gasteiger partial charge in [0.1, 0.15) is 35.5 Å². The van der Waals surface area contributed by atoms with E-state index in [2.05, 4.69) is 22.5 Å². The molecule has 1 aromatic heterocycles. The van der Waals surface area contributed by atoms with Gasteiger partial charge in [-0.1, -0.05) is 21.2 Å². The molecule has 0 saturated carbocycles. The molecule has 1 aliphatic rings. The van der Waals surface area contributed by atoms with Crippen LogP contribution in [0.5, 0.6) is 5.75 Å². The number of anilines is 2. The predicted octanol–water partition coefficient (Wildman–Crippen LogP) is 0.564. The fourth-order valence-electron chi connectivity index (χ4n) is 4.83. The van der Waals surface area contributed by atoms with E-state index >= 15 is 0 Å². The highest BCUT2D eigenvalue weighted by molar-refractivity contribution is 7.89. The summed E-state index contributed by atoms with van der Waals surface area (Å²) in [6, 6.07) is 10.9. The van der Waals surface area contributed by atoms with E-state index in [4.69, 9.17) is 9.88 Å². The van der Waals surface area contributed by atoms with Crippen LogP contribution in [-0.2, 0) is 16.6 Å². The predicted molar refractivity (Wildman–Crippen MR) is 173 cm³/mol. The maximum Gasteiger partial charge on any atom is 0.276 e. The number of halogens is 3. The number of alkyl halides is 3. The van der Waals surface area contributed by atoms with Crippen molar-refractivity contribution < 1.29 is 26.3 Å². The number of nitrogens with zero attached hydrogens (tertiary/aromatic N) is 2. The largest absolute Gasteiger partial charge is 0.511 e. The molecular weight excluding hydrogens is 583 g/mol. The zero-order valence-corrected chi connectivity index (χ0v) is 26.0. The third-order valence-corrected chi connectivity index (χ3v) is 7.78. The number of nitrogens with one attached hydrogen (secondary N) is 2. The van der Waals surface area contributed by atoms with Crippen molar-refractivity contribution in [3.8, 4) is 17.6 Å². The van der Waals surface area contributed by atoms with Crippen molar-refractivity contribution in [2.24, 2.45) is 5.14 Å². The topological polar surface area (TPSA) is 102 Å². The molecule has 2 aromatic carbocycles. The Kier molecular flexibility index (Phi) is 9.53. The molecule has 42 heavy (non-hydrogen) atoms. The zero-order valence-electron chi connectivity index (χ0n) is 24.0. The number of nitrogens with two attached hydrogens (primary N) is 1. The van der Waals surface area contributed by atoms with Crippen molar-refractivity contribution >= 4 is 65.1 Å². The standard InChI is InChI=1S/C26H34B3F3N5O3PS/c1-36-11-9-21(19(30)14-36)35-20-5-2-6-23-18(20)12-16(37(23)15-25(31,32)41)4-3-10-34-22-8-7-17(42(33,38)39)13-24(22)40-26(27,28)29/h2,5-8,12-13,19,21,34-35H,9-11,14-15,27-29,41H2,1H3,(H2,33,38,39)/t19-,21+/m0/s1. The van der Waals surface area contributed by atoms with Crippen LogP contribution in [0, 0.1) is 11.8 Å². The van der Waals surface area contributed by atoms with Crippen molar-refractivity contribution in [1.29, 1.82) is 0 Å². The summed E-state index contributed by atoms with van der Waals surface area (Å²) in [5.74, 6) is 6.23. The van der Waals surface area contributed by atoms with Crippen molar-refractivity contribution in [1.82, 2.24) is 9.47 Å². The van der Waals surface area contributed by atoms with Gasteiger partial charge in [-0.15, -0.1) is 0 Å². The van der Waals surface area contributed by atoms with E-state index in [0.29, 0.717) is 40.9 Å². The first-order valence-electron chi connectivity index (χ1n) is 13.5. The van der Waals surface area contributed by atoms with Gasteiger partial charge in [0.15, 0.2) is 0 Å². The zero-order chi connectivity index (χ0) is 30.9. The van der Waals surface area contributed by atoms with Crippen LogP contribution in [0.25, 0.3) is 10.9 Å². The molecule has 3 atom stereocenters. The van der Waals surface area contributed by atoms with E-state index in [0.717, 1.165) is 6.54 Å². The van der Waals surface area contributed by atoms with Crippen LogP contribution >= 0.6 is 9.24 Å². The fraction of sp³-hybridized carbons (Fsp3) is 0.385. The quantitative estimate of drug-likeness (QED) is 0.185. The number of ether oxygens (including phenoxy) is 1. The number of aromatic nitrogens is 1. The van der Waals surface area contributed by atoms with Crippen LogP contribution in [-0.4, -0.2) is 91.3 Å². The van der Waals surface area contributed by atoms with Crippen LogP contribution in [0.4, 0.5) is 24.5 Å². The highest BCUT2D eigenvalue weighted by atomic mass is 32.2. The van der Waals surface area contributed by atoms with Crippen LogP contribution in [0.2, 0.25) is 0 Å². The van der Waals surface area contributed by atoms with Crippen molar-refractivity contribution in [3.63, 3.8) is 0 Å². The summed E-state index contributed by atoms with van der Waals surface area (Å²) in [7, 11) is 4.97. The average molecular weight is 617 g/mol. The maximum atomic E-state index is 14.8. The Morgan fingerprint density at radius 2 is 1.93 bits per heavy atom. The molecule has 0 bridgehead atoms. The molecule has 1 saturated heterocycles. The lowest BCUT2D eigenvalue weighted by atomic mass is 9.52. The van der Waals surface area contributed by atoms with E-state index in [1.54, 1.807) is 27.4 Å². The van der Waals surface area contributed by atoms with Gasteiger partial charge in [0, 0.05) is 35.5 Å². The minimum absolute atomic E-state index is 0.0926. The first-order valence-corrected chi connectivity index (χ1v) is 15.6. The SMILES string of the molecule is BC(B)(B)Oc1cc(S(N)(=O)=O)ccc1NCC#Cc1cc2c(N[C@@H]3CCN(C)C[C@@H]3F)cccc2n1CC(F)(F)P. The lowest BCUT2D eigenvalue weighted by molar-refractivity contribution is 0.0851. The molecule has 2 heterocycles. The molecule has 4 rings (SSSR count). The summed E-state index contributed by atoms with van der Waals surface area (Å²) in [5.41, 5.74) is -0.988. The second-order valence-corrected chi connectivity index (χ2v) is 13.9. The number of piperidine rings is 1. The van der Waals surface area contributed by atoms with Crippen molar-refractivity contribution in [2.45, 2.75) is 41.0 Å². The Hall–Kier alpha value is -2.78. The van der Waals surface area contributed by atoms with Crippen LogP contribution in [0.15, 0.2) is 47.4 Å². The molecule has 0 aliphatic carbocycles. The van der Waals surface area contributed by atoms with E-state index in [1.165, 1.54) is 22.8 Å². The van der Waals surface area contributed by atoms with E-state index in [1.807, 2.05) is 41.6 Å². The van der Waals surface area contributed by atoms with Crippen molar-refractivity contribution in [2.75, 3.05) is 37.3 Å². The summed E-state index contributed by atoms with van der Waals surface area (Å²) in [5, 5.41) is 11.7. The Balaban J connectivity index is 1.62. The van der Waals surface area contributed by atoms with Crippen LogP contribution in [0.1, 0.15) is 12.1 Å². The summed E-state index contributed by atoms with van der Waals surface area (Å²) >= 11 is 0. The third kappa shape index (κ3) is 8.41. The monoisotopic (exact) mass is 617 g/mol. The van der Waals surface area contributed by atoms with Gasteiger partial charge in [0.25, 0.3) is 5.66 Å². The van der Waals surface area contributed by atoms with Gasteiger partial charge >= 0.3 is 0 Å². The van der Waals surface area contributed by atoms with Gasteiger partial charge < -0.3 is 24.8 Å². The first-order chi connectivity index (χ1) is 19.5. The summed E-state index contributed by atoms with van der Waals surface area (Å²) in [6.45, 7) is 0.579. The van der Waals surface area contributed by atoms with Gasteiger partial charge in [-0.2, -0.15) is 0 Å². The van der Waals surface area contributed by atoms with Gasteiger partial charge in [-0.05, 0) is 49.7 Å². The molecule has 1 unspecified atom stereocenters. The summed E-state index contributed by atoms with van der Waals surface area (Å²) in [4.78, 5) is 1.85. The van der Waals surface area contributed by atoms with E-state index in [-0.39, 0.29) is 23.2 Å². The molecule has 0 radical (unpaired) electrons. The number of hydrogen-bond donors (Lipinski definition) is 3. The summed E-state index contributed by atoms with van der Waals surface area (Å²) in [6.07, 6.45) is -0.440. The minimum atomic E-state index is -3.94. The lowest BCUT2D eigenvalue weighted by Gasteiger charge is -2.33. The molecular formula is C26H34B3F3N5O3PS. The number of benzene rings is 2. The second-order valence-electron chi connectivity index (χ2n) is 11.5. The molecule has 4 N–H and O–H groups in total. The smallest absolute Gasteiger partial charge is 0.276 e. The van der Waals surface area contributed by atoms with Crippen molar-refractivity contribution in [3.05, 3.63) is 48.2 Å². The minimum Gasteiger partial charge on any atom is -0.511 e. The Morgan fingerprint density at radius 3 is 2.57 bits per heavy atom. The number of sulfonamides is 1. The van der Waals surface area contributed by atoms with Crippen LogP contribution < -0.4 is 20.5 Å². The molecule has 0 amide bonds. The number of likely N-dealkylation sites (tertiary alicyclic amines) is 1. The highest BCUT2D eigenvalue weighted by Crippen LogP contribution is 2.33. The summed E-state index contributed by atoms with van der Waals surface area (Å²) < 4.78 is 74.2. The molecule has 8 nitrogen and oxygen atoms in total. The average Bonchev–Trinajstić information content (AvgIpc) is 3.19. The van der Waals surface area contributed by atoms with Gasteiger partial charge in [-0.25, -0.2) is 26.7 Å². The van der Waals surface area contributed by atoms with E-state index < -0.39 is 33.7 Å². The van der Waals surface area contributed by atoms with Gasteiger partial charge in [-0.3, -0.25) is 0 Å². The lowest BCUT2D eigenvalue weighted by Crippen LogP contribution is -2.46. The van der Waals surface area contributed by atoms with Gasteiger partial charge in [0.2, 0.25) is 10.0 Å². The molecule has 1 aliphatic heterocycles. The fourth-order valence-corrected chi connectivity index (χ4v) is 5.54.